The molecule has 0 aliphatic heterocycles. The Balaban J connectivity index is 2.15. The third-order valence-electron chi connectivity index (χ3n) is 3.05. The number of phenolic OH excluding ortho intramolecular Hbond substituents is 1. The van der Waals surface area contributed by atoms with Gasteiger partial charge in [0, 0.05) is 0 Å². The molecule has 0 spiro atoms. The van der Waals surface area contributed by atoms with Crippen LogP contribution < -0.4 is 0 Å². The number of hydrogen-bond acceptors (Lipinski definition) is 3. The van der Waals surface area contributed by atoms with Crippen LogP contribution in [0, 0.1) is 6.92 Å². The van der Waals surface area contributed by atoms with Crippen LogP contribution in [0.3, 0.4) is 0 Å². The minimum atomic E-state index is -4.43. The number of rotatable bonds is 1. The van der Waals surface area contributed by atoms with Crippen LogP contribution in [0.2, 0.25) is 0 Å². The molecule has 3 rings (SSSR count). The maximum atomic E-state index is 12.7. The molecule has 0 aliphatic rings. The molecule has 0 fully saturated rings. The van der Waals surface area contributed by atoms with Gasteiger partial charge in [0.15, 0.2) is 0 Å². The van der Waals surface area contributed by atoms with Crippen LogP contribution in [0.25, 0.3) is 16.7 Å². The van der Waals surface area contributed by atoms with Gasteiger partial charge in [0.05, 0.1) is 5.56 Å². The molecule has 7 heteroatoms. The SMILES string of the molecule is Cc1ccc(O)c(-n2nc3ccc(C(F)(F)F)cc3n2)c1. The Hall–Kier alpha value is -2.57. The highest BCUT2D eigenvalue weighted by atomic mass is 19.4. The summed E-state index contributed by atoms with van der Waals surface area (Å²) in [7, 11) is 0. The quantitative estimate of drug-likeness (QED) is 0.747. The van der Waals surface area contributed by atoms with E-state index in [0.717, 1.165) is 22.5 Å². The second-order valence-corrected chi connectivity index (χ2v) is 4.68. The molecular weight excluding hydrogens is 283 g/mol. The minimum absolute atomic E-state index is 0.0445. The zero-order valence-corrected chi connectivity index (χ0v) is 10.9. The number of fused-ring (bicyclic) bond motifs is 1. The average Bonchev–Trinajstić information content (AvgIpc) is 2.83. The Morgan fingerprint density at radius 1 is 1.00 bits per heavy atom. The van der Waals surface area contributed by atoms with Gasteiger partial charge in [-0.3, -0.25) is 0 Å². The Bertz CT molecular complexity index is 824. The van der Waals surface area contributed by atoms with Crippen molar-refractivity contribution < 1.29 is 18.3 Å². The molecule has 0 unspecified atom stereocenters. The van der Waals surface area contributed by atoms with Gasteiger partial charge >= 0.3 is 6.18 Å². The number of phenols is 1. The van der Waals surface area contributed by atoms with E-state index in [0.29, 0.717) is 11.2 Å². The molecule has 0 saturated carbocycles. The largest absolute Gasteiger partial charge is 0.506 e. The zero-order valence-electron chi connectivity index (χ0n) is 10.9. The molecule has 4 nitrogen and oxygen atoms in total. The van der Waals surface area contributed by atoms with Crippen molar-refractivity contribution in [2.24, 2.45) is 0 Å². The summed E-state index contributed by atoms with van der Waals surface area (Å²) in [6.07, 6.45) is -4.43. The number of alkyl halides is 3. The lowest BCUT2D eigenvalue weighted by molar-refractivity contribution is -0.137. The van der Waals surface area contributed by atoms with Crippen molar-refractivity contribution in [1.29, 1.82) is 0 Å². The number of nitrogens with zero attached hydrogens (tertiary/aromatic N) is 3. The van der Waals surface area contributed by atoms with Gasteiger partial charge in [-0.2, -0.15) is 13.2 Å². The first-order valence-corrected chi connectivity index (χ1v) is 6.09. The van der Waals surface area contributed by atoms with Gasteiger partial charge in [-0.15, -0.1) is 15.0 Å². The molecule has 0 radical (unpaired) electrons. The van der Waals surface area contributed by atoms with Crippen LogP contribution >= 0.6 is 0 Å². The fraction of sp³-hybridized carbons (Fsp3) is 0.143. The summed E-state index contributed by atoms with van der Waals surface area (Å²) in [6, 6.07) is 8.00. The van der Waals surface area contributed by atoms with Gasteiger partial charge in [-0.1, -0.05) is 6.07 Å². The van der Waals surface area contributed by atoms with Crippen molar-refractivity contribution in [3.8, 4) is 11.4 Å². The van der Waals surface area contributed by atoms with E-state index >= 15 is 0 Å². The lowest BCUT2D eigenvalue weighted by Gasteiger charge is -2.04. The molecule has 108 valence electrons. The van der Waals surface area contributed by atoms with Crippen LogP contribution in [0.4, 0.5) is 13.2 Å². The van der Waals surface area contributed by atoms with Gasteiger partial charge in [0.25, 0.3) is 0 Å². The van der Waals surface area contributed by atoms with Crippen molar-refractivity contribution in [1.82, 2.24) is 15.0 Å². The predicted molar refractivity (Wildman–Crippen MR) is 70.3 cm³/mol. The van der Waals surface area contributed by atoms with Crippen molar-refractivity contribution in [3.05, 3.63) is 47.5 Å². The van der Waals surface area contributed by atoms with Gasteiger partial charge < -0.3 is 5.11 Å². The Kier molecular flexibility index (Phi) is 2.86. The van der Waals surface area contributed by atoms with E-state index in [1.165, 1.54) is 12.1 Å². The molecule has 0 saturated heterocycles. The summed E-state index contributed by atoms with van der Waals surface area (Å²) < 4.78 is 38.0. The first kappa shape index (κ1) is 13.4. The molecular formula is C14H10F3N3O. The molecule has 2 aromatic carbocycles. The van der Waals surface area contributed by atoms with Crippen LogP contribution in [-0.2, 0) is 6.18 Å². The van der Waals surface area contributed by atoms with Crippen molar-refractivity contribution in [2.45, 2.75) is 13.1 Å². The maximum Gasteiger partial charge on any atom is 0.416 e. The molecule has 21 heavy (non-hydrogen) atoms. The second-order valence-electron chi connectivity index (χ2n) is 4.68. The van der Waals surface area contributed by atoms with E-state index in [1.807, 2.05) is 6.92 Å². The second kappa shape index (κ2) is 4.47. The first-order chi connectivity index (χ1) is 9.84. The van der Waals surface area contributed by atoms with Gasteiger partial charge in [-0.25, -0.2) is 0 Å². The van der Waals surface area contributed by atoms with E-state index in [1.54, 1.807) is 12.1 Å². The van der Waals surface area contributed by atoms with Crippen molar-refractivity contribution in [2.75, 3.05) is 0 Å². The molecule has 0 aliphatic carbocycles. The summed E-state index contributed by atoms with van der Waals surface area (Å²) >= 11 is 0. The van der Waals surface area contributed by atoms with Crippen LogP contribution in [0.15, 0.2) is 36.4 Å². The van der Waals surface area contributed by atoms with E-state index in [-0.39, 0.29) is 11.3 Å². The van der Waals surface area contributed by atoms with Crippen LogP contribution in [0.1, 0.15) is 11.1 Å². The molecule has 0 atom stereocenters. The van der Waals surface area contributed by atoms with E-state index in [9.17, 15) is 18.3 Å². The minimum Gasteiger partial charge on any atom is -0.506 e. The van der Waals surface area contributed by atoms with E-state index in [4.69, 9.17) is 0 Å². The highest BCUT2D eigenvalue weighted by Gasteiger charge is 2.30. The summed E-state index contributed by atoms with van der Waals surface area (Å²) in [5.74, 6) is -0.0445. The Morgan fingerprint density at radius 2 is 1.71 bits per heavy atom. The molecule has 0 bridgehead atoms. The van der Waals surface area contributed by atoms with Gasteiger partial charge in [-0.05, 0) is 42.8 Å². The standard InChI is InChI=1S/C14H10F3N3O/c1-8-2-5-13(21)12(6-8)20-18-10-4-3-9(14(15,16)17)7-11(10)19-20/h2-7,21H,1H3. The predicted octanol–water partition coefficient (Wildman–Crippen LogP) is 3.45. The summed E-state index contributed by atoms with van der Waals surface area (Å²) in [6.45, 7) is 1.83. The smallest absolute Gasteiger partial charge is 0.416 e. The van der Waals surface area contributed by atoms with E-state index < -0.39 is 11.7 Å². The number of aryl methyl sites for hydroxylation is 1. The summed E-state index contributed by atoms with van der Waals surface area (Å²) in [5.41, 5.74) is 0.852. The number of halogens is 3. The lowest BCUT2D eigenvalue weighted by Crippen LogP contribution is -2.04. The fourth-order valence-electron chi connectivity index (χ4n) is 1.99. The lowest BCUT2D eigenvalue weighted by atomic mass is 10.2. The molecule has 0 amide bonds. The summed E-state index contributed by atoms with van der Waals surface area (Å²) in [5, 5.41) is 17.9. The third kappa shape index (κ3) is 2.42. The van der Waals surface area contributed by atoms with Crippen molar-refractivity contribution in [3.63, 3.8) is 0 Å². The topological polar surface area (TPSA) is 50.9 Å². The van der Waals surface area contributed by atoms with Crippen LogP contribution in [-0.4, -0.2) is 20.1 Å². The number of hydrogen-bond donors (Lipinski definition) is 1. The van der Waals surface area contributed by atoms with Crippen LogP contribution in [0.5, 0.6) is 5.75 Å². The monoisotopic (exact) mass is 293 g/mol. The number of aromatic hydroxyl groups is 1. The normalized spacial score (nSPS) is 12.0. The van der Waals surface area contributed by atoms with Gasteiger partial charge in [0.2, 0.25) is 0 Å². The molecule has 1 heterocycles. The fourth-order valence-corrected chi connectivity index (χ4v) is 1.99. The van der Waals surface area contributed by atoms with E-state index in [2.05, 4.69) is 10.2 Å². The molecule has 1 aromatic heterocycles. The summed E-state index contributed by atoms with van der Waals surface area (Å²) in [4.78, 5) is 1.13. The highest BCUT2D eigenvalue weighted by molar-refractivity contribution is 5.75. The molecule has 1 N–H and O–H groups in total. The maximum absolute atomic E-state index is 12.7. The average molecular weight is 293 g/mol. The zero-order chi connectivity index (χ0) is 15.2. The Morgan fingerprint density at radius 3 is 2.43 bits per heavy atom. The van der Waals surface area contributed by atoms with Gasteiger partial charge in [0.1, 0.15) is 22.5 Å². The first-order valence-electron chi connectivity index (χ1n) is 6.09. The van der Waals surface area contributed by atoms with Crippen molar-refractivity contribution >= 4 is 11.0 Å². The highest BCUT2D eigenvalue weighted by Crippen LogP contribution is 2.31. The Labute approximate surface area is 117 Å². The third-order valence-corrected chi connectivity index (χ3v) is 3.05. The number of aromatic nitrogens is 3. The molecule has 3 aromatic rings. The number of benzene rings is 2.